The summed E-state index contributed by atoms with van der Waals surface area (Å²) in [6, 6.07) is 9.50. The number of aromatic nitrogens is 1. The molecule has 1 aliphatic heterocycles. The van der Waals surface area contributed by atoms with Crippen LogP contribution in [0.15, 0.2) is 42.6 Å². The van der Waals surface area contributed by atoms with Gasteiger partial charge in [0.15, 0.2) is 0 Å². The van der Waals surface area contributed by atoms with Gasteiger partial charge in [0.1, 0.15) is 11.6 Å². The first-order chi connectivity index (χ1) is 13.3. The van der Waals surface area contributed by atoms with E-state index >= 15 is 0 Å². The average molecular weight is 394 g/mol. The Bertz CT molecular complexity index is 786. The zero-order valence-corrected chi connectivity index (χ0v) is 15.4. The number of benzene rings is 1. The van der Waals surface area contributed by atoms with E-state index in [2.05, 4.69) is 10.3 Å². The van der Waals surface area contributed by atoms with E-state index in [1.165, 1.54) is 6.07 Å². The monoisotopic (exact) mass is 394 g/mol. The number of anilines is 2. The topological polar surface area (TPSA) is 57.7 Å². The molecule has 0 unspecified atom stereocenters. The number of carbonyl (C=O) groups is 1. The van der Waals surface area contributed by atoms with Crippen LogP contribution in [0.25, 0.3) is 0 Å². The Kier molecular flexibility index (Phi) is 6.03. The van der Waals surface area contributed by atoms with Crippen LogP contribution in [0.2, 0.25) is 0 Å². The summed E-state index contributed by atoms with van der Waals surface area (Å²) in [6.45, 7) is 2.68. The number of piperazine rings is 1. The number of methoxy groups -OCH3 is 1. The molecule has 1 saturated heterocycles. The van der Waals surface area contributed by atoms with E-state index in [1.54, 1.807) is 31.4 Å². The molecule has 9 heteroatoms. The predicted octanol–water partition coefficient (Wildman–Crippen LogP) is 2.87. The number of nitrogens with zero attached hydrogens (tertiary/aromatic N) is 3. The molecule has 1 amide bonds. The molecule has 0 atom stereocenters. The minimum absolute atomic E-state index is 0.119. The van der Waals surface area contributed by atoms with Crippen LogP contribution in [0.5, 0.6) is 5.75 Å². The first-order valence-electron chi connectivity index (χ1n) is 8.79. The van der Waals surface area contributed by atoms with E-state index in [9.17, 15) is 18.0 Å². The van der Waals surface area contributed by atoms with E-state index < -0.39 is 11.7 Å². The molecule has 0 aliphatic carbocycles. The minimum atomic E-state index is -4.39. The Morgan fingerprint density at radius 2 is 1.79 bits per heavy atom. The maximum atomic E-state index is 12.6. The number of carbonyl (C=O) groups excluding carboxylic acids is 1. The Hall–Kier alpha value is -2.81. The zero-order chi connectivity index (χ0) is 20.1. The number of pyridine rings is 1. The van der Waals surface area contributed by atoms with Gasteiger partial charge in [-0.2, -0.15) is 13.2 Å². The Labute approximate surface area is 160 Å². The van der Waals surface area contributed by atoms with E-state index in [-0.39, 0.29) is 12.5 Å². The molecule has 0 bridgehead atoms. The summed E-state index contributed by atoms with van der Waals surface area (Å²) in [5, 5.41) is 2.84. The van der Waals surface area contributed by atoms with Crippen LogP contribution in [0.1, 0.15) is 5.56 Å². The van der Waals surface area contributed by atoms with Crippen molar-refractivity contribution in [3.05, 3.63) is 48.2 Å². The van der Waals surface area contributed by atoms with Gasteiger partial charge < -0.3 is 15.0 Å². The number of hydrogen-bond donors (Lipinski definition) is 1. The lowest BCUT2D eigenvalue weighted by atomic mass is 10.2. The van der Waals surface area contributed by atoms with Gasteiger partial charge in [-0.05, 0) is 36.4 Å². The summed E-state index contributed by atoms with van der Waals surface area (Å²) in [5.74, 6) is 1.10. The highest BCUT2D eigenvalue weighted by Gasteiger charge is 2.31. The molecule has 1 aliphatic rings. The van der Waals surface area contributed by atoms with Crippen molar-refractivity contribution in [2.24, 2.45) is 0 Å². The number of ether oxygens (including phenoxy) is 1. The highest BCUT2D eigenvalue weighted by atomic mass is 19.4. The van der Waals surface area contributed by atoms with Crippen molar-refractivity contribution in [2.45, 2.75) is 6.18 Å². The first kappa shape index (κ1) is 19.9. The third kappa shape index (κ3) is 5.13. The third-order valence-electron chi connectivity index (χ3n) is 4.51. The van der Waals surface area contributed by atoms with Gasteiger partial charge in [-0.15, -0.1) is 0 Å². The van der Waals surface area contributed by atoms with E-state index in [1.807, 2.05) is 9.80 Å². The summed E-state index contributed by atoms with van der Waals surface area (Å²) in [5.41, 5.74) is -0.0662. The average Bonchev–Trinajstić information content (AvgIpc) is 2.68. The van der Waals surface area contributed by atoms with Crippen molar-refractivity contribution in [2.75, 3.05) is 50.1 Å². The molecule has 2 aromatic rings. The number of nitrogens with one attached hydrogen (secondary N) is 1. The fourth-order valence-electron chi connectivity index (χ4n) is 2.95. The maximum absolute atomic E-state index is 12.6. The van der Waals surface area contributed by atoms with Crippen molar-refractivity contribution in [3.8, 4) is 5.75 Å². The summed E-state index contributed by atoms with van der Waals surface area (Å²) in [6.07, 6.45) is -3.54. The molecule has 0 spiro atoms. The van der Waals surface area contributed by atoms with Crippen molar-refractivity contribution in [1.82, 2.24) is 9.88 Å². The lowest BCUT2D eigenvalue weighted by molar-refractivity contribution is -0.137. The largest absolute Gasteiger partial charge is 0.497 e. The van der Waals surface area contributed by atoms with Crippen LogP contribution in [0, 0.1) is 0 Å². The molecular weight excluding hydrogens is 373 g/mol. The number of amides is 1. The molecule has 6 nitrogen and oxygen atoms in total. The molecule has 1 aromatic carbocycles. The highest BCUT2D eigenvalue weighted by Crippen LogP contribution is 2.29. The van der Waals surface area contributed by atoms with Gasteiger partial charge in [0.25, 0.3) is 0 Å². The normalized spacial score (nSPS) is 15.4. The third-order valence-corrected chi connectivity index (χ3v) is 4.51. The molecule has 150 valence electrons. The predicted molar refractivity (Wildman–Crippen MR) is 99.5 cm³/mol. The van der Waals surface area contributed by atoms with E-state index in [4.69, 9.17) is 4.74 Å². The van der Waals surface area contributed by atoms with Gasteiger partial charge in [-0.25, -0.2) is 4.98 Å². The van der Waals surface area contributed by atoms with Gasteiger partial charge in [-0.1, -0.05) is 0 Å². The molecule has 1 N–H and O–H groups in total. The second kappa shape index (κ2) is 8.47. The smallest absolute Gasteiger partial charge is 0.417 e. The maximum Gasteiger partial charge on any atom is 0.417 e. The van der Waals surface area contributed by atoms with Crippen LogP contribution in [0.3, 0.4) is 0 Å². The zero-order valence-electron chi connectivity index (χ0n) is 15.4. The van der Waals surface area contributed by atoms with Crippen LogP contribution in [-0.2, 0) is 11.0 Å². The second-order valence-electron chi connectivity index (χ2n) is 6.44. The Balaban J connectivity index is 1.47. The molecule has 0 saturated carbocycles. The second-order valence-corrected chi connectivity index (χ2v) is 6.44. The Morgan fingerprint density at radius 3 is 2.32 bits per heavy atom. The highest BCUT2D eigenvalue weighted by molar-refractivity contribution is 5.92. The van der Waals surface area contributed by atoms with E-state index in [0.29, 0.717) is 43.4 Å². The molecule has 0 radical (unpaired) electrons. The van der Waals surface area contributed by atoms with Crippen molar-refractivity contribution >= 4 is 17.4 Å². The molecule has 1 fully saturated rings. The fraction of sp³-hybridized carbons (Fsp3) is 0.368. The standard InChI is InChI=1S/C19H21F3N4O2/c1-28-16-5-3-15(4-6-16)24-18(27)13-25-8-10-26(11-9-25)17-7-2-14(12-23-17)19(20,21)22/h2-7,12H,8-11,13H2,1H3,(H,24,27). The van der Waals surface area contributed by atoms with Crippen molar-refractivity contribution in [3.63, 3.8) is 0 Å². The minimum Gasteiger partial charge on any atom is -0.497 e. The lowest BCUT2D eigenvalue weighted by Gasteiger charge is -2.35. The quantitative estimate of drug-likeness (QED) is 0.845. The van der Waals surface area contributed by atoms with Gasteiger partial charge in [0.05, 0.1) is 19.2 Å². The van der Waals surface area contributed by atoms with Gasteiger partial charge >= 0.3 is 6.18 Å². The number of halogens is 3. The van der Waals surface area contributed by atoms with Crippen LogP contribution in [-0.4, -0.2) is 55.6 Å². The molecular formula is C19H21F3N4O2. The summed E-state index contributed by atoms with van der Waals surface area (Å²) < 4.78 is 43.0. The van der Waals surface area contributed by atoms with Crippen molar-refractivity contribution in [1.29, 1.82) is 0 Å². The summed E-state index contributed by atoms with van der Waals surface area (Å²) >= 11 is 0. The molecule has 28 heavy (non-hydrogen) atoms. The van der Waals surface area contributed by atoms with Gasteiger partial charge in [0.2, 0.25) is 5.91 Å². The molecule has 3 rings (SSSR count). The van der Waals surface area contributed by atoms with Crippen molar-refractivity contribution < 1.29 is 22.7 Å². The molecule has 2 heterocycles. The molecule has 1 aromatic heterocycles. The van der Waals surface area contributed by atoms with Crippen LogP contribution >= 0.6 is 0 Å². The first-order valence-corrected chi connectivity index (χ1v) is 8.79. The number of hydrogen-bond acceptors (Lipinski definition) is 5. The van der Waals surface area contributed by atoms with Crippen LogP contribution in [0.4, 0.5) is 24.7 Å². The summed E-state index contributed by atoms with van der Waals surface area (Å²) in [7, 11) is 1.58. The Morgan fingerprint density at radius 1 is 1.11 bits per heavy atom. The number of alkyl halides is 3. The number of rotatable bonds is 5. The van der Waals surface area contributed by atoms with E-state index in [0.717, 1.165) is 12.3 Å². The SMILES string of the molecule is COc1ccc(NC(=O)CN2CCN(c3ccc(C(F)(F)F)cn3)CC2)cc1. The van der Waals surface area contributed by atoms with Gasteiger partial charge in [-0.3, -0.25) is 9.69 Å². The lowest BCUT2D eigenvalue weighted by Crippen LogP contribution is -2.48. The summed E-state index contributed by atoms with van der Waals surface area (Å²) in [4.78, 5) is 20.0. The van der Waals surface area contributed by atoms with Crippen LogP contribution < -0.4 is 15.0 Å². The van der Waals surface area contributed by atoms with Gasteiger partial charge in [0, 0.05) is 38.1 Å². The fourth-order valence-corrected chi connectivity index (χ4v) is 2.95.